The van der Waals surface area contributed by atoms with Crippen LogP contribution in [0.5, 0.6) is 0 Å². The molecular weight excluding hydrogens is 485 g/mol. The van der Waals surface area contributed by atoms with Crippen LogP contribution in [0.2, 0.25) is 0 Å². The molecule has 3 rings (SSSR count). The van der Waals surface area contributed by atoms with Crippen LogP contribution in [0.1, 0.15) is 56.7 Å². The molecule has 2 fully saturated rings. The molecule has 4 N–H and O–H groups in total. The fourth-order valence-electron chi connectivity index (χ4n) is 4.28. The minimum Gasteiger partial charge on any atom is -0.357 e. The Bertz CT molecular complexity index is 623. The third kappa shape index (κ3) is 5.98. The van der Waals surface area contributed by atoms with E-state index in [1.54, 1.807) is 4.90 Å². The van der Waals surface area contributed by atoms with E-state index < -0.39 is 0 Å². The van der Waals surface area contributed by atoms with Crippen molar-refractivity contribution in [2.24, 2.45) is 10.7 Å². The van der Waals surface area contributed by atoms with Crippen LogP contribution in [0.25, 0.3) is 0 Å². The van der Waals surface area contributed by atoms with E-state index in [2.05, 4.69) is 35.1 Å². The van der Waals surface area contributed by atoms with E-state index >= 15 is 0 Å². The second kappa shape index (κ2) is 11.2. The minimum absolute atomic E-state index is 0. The number of hydrogen-bond acceptors (Lipinski definition) is 3. The quantitative estimate of drug-likeness (QED) is 0.316. The molecular formula is C20H34IN5OS. The van der Waals surface area contributed by atoms with Gasteiger partial charge in [0, 0.05) is 36.0 Å². The second-order valence-corrected chi connectivity index (χ2v) is 8.71. The molecule has 28 heavy (non-hydrogen) atoms. The molecule has 0 atom stereocenters. The number of guanidine groups is 1. The highest BCUT2D eigenvalue weighted by atomic mass is 127. The van der Waals surface area contributed by atoms with E-state index in [9.17, 15) is 4.79 Å². The molecule has 0 aromatic carbocycles. The second-order valence-electron chi connectivity index (χ2n) is 7.76. The number of thiophene rings is 1. The van der Waals surface area contributed by atoms with Crippen molar-refractivity contribution in [2.45, 2.75) is 63.3 Å². The fourth-order valence-corrected chi connectivity index (χ4v) is 5.26. The standard InChI is InChI=1S/C20H33N5OS.HI/c1-2-22-19(24-16-8-12-25(13-9-16)18(21)26)23-15-20(10-4-3-5-11-20)17-7-6-14-27-17;/h6-7,14,16H,2-5,8-13,15H2,1H3,(H2,21,26)(H2,22,23,24);1H. The summed E-state index contributed by atoms with van der Waals surface area (Å²) in [5.74, 6) is 0.900. The number of nitrogens with one attached hydrogen (secondary N) is 2. The molecule has 0 bridgehead atoms. The van der Waals surface area contributed by atoms with E-state index in [-0.39, 0.29) is 35.4 Å². The number of primary amides is 1. The Morgan fingerprint density at radius 2 is 2.04 bits per heavy atom. The maximum absolute atomic E-state index is 11.3. The summed E-state index contributed by atoms with van der Waals surface area (Å²) < 4.78 is 0. The zero-order valence-corrected chi connectivity index (χ0v) is 19.9. The maximum Gasteiger partial charge on any atom is 0.314 e. The maximum atomic E-state index is 11.3. The molecule has 1 saturated heterocycles. The van der Waals surface area contributed by atoms with Crippen molar-refractivity contribution in [2.75, 3.05) is 26.2 Å². The van der Waals surface area contributed by atoms with Crippen molar-refractivity contribution >= 4 is 47.3 Å². The largest absolute Gasteiger partial charge is 0.357 e. The first kappa shape index (κ1) is 23.3. The molecule has 2 heterocycles. The summed E-state index contributed by atoms with van der Waals surface area (Å²) >= 11 is 1.87. The average Bonchev–Trinajstić information content (AvgIpc) is 3.23. The zero-order valence-electron chi connectivity index (χ0n) is 16.8. The summed E-state index contributed by atoms with van der Waals surface area (Å²) in [6, 6.07) is 4.47. The Hall–Kier alpha value is -1.03. The lowest BCUT2D eigenvalue weighted by Gasteiger charge is -2.36. The van der Waals surface area contributed by atoms with Crippen LogP contribution in [0.15, 0.2) is 22.5 Å². The molecule has 1 aromatic heterocycles. The number of aliphatic imine (C=N–C) groups is 1. The summed E-state index contributed by atoms with van der Waals surface area (Å²) in [6.07, 6.45) is 8.20. The van der Waals surface area contributed by atoms with Gasteiger partial charge in [0.1, 0.15) is 0 Å². The molecule has 1 aliphatic carbocycles. The predicted octanol–water partition coefficient (Wildman–Crippen LogP) is 3.67. The van der Waals surface area contributed by atoms with Crippen molar-refractivity contribution in [3.8, 4) is 0 Å². The van der Waals surface area contributed by atoms with E-state index in [0.717, 1.165) is 31.9 Å². The van der Waals surface area contributed by atoms with Crippen LogP contribution < -0.4 is 16.4 Å². The number of halogens is 1. The third-order valence-electron chi connectivity index (χ3n) is 5.89. The van der Waals surface area contributed by atoms with Gasteiger partial charge in [-0.3, -0.25) is 4.99 Å². The molecule has 8 heteroatoms. The number of nitrogens with zero attached hydrogens (tertiary/aromatic N) is 2. The Kier molecular flexibility index (Phi) is 9.33. The third-order valence-corrected chi connectivity index (χ3v) is 7.00. The number of rotatable bonds is 5. The monoisotopic (exact) mass is 519 g/mol. The number of nitrogens with two attached hydrogens (primary N) is 1. The van der Waals surface area contributed by atoms with E-state index in [1.165, 1.54) is 37.0 Å². The Morgan fingerprint density at radius 3 is 2.61 bits per heavy atom. The van der Waals surface area contributed by atoms with Crippen molar-refractivity contribution in [3.63, 3.8) is 0 Å². The Morgan fingerprint density at radius 1 is 1.32 bits per heavy atom. The summed E-state index contributed by atoms with van der Waals surface area (Å²) in [7, 11) is 0. The Balaban J connectivity index is 0.00000280. The number of amides is 2. The van der Waals surface area contributed by atoms with E-state index in [1.807, 2.05) is 11.3 Å². The van der Waals surface area contributed by atoms with Gasteiger partial charge in [0.2, 0.25) is 0 Å². The highest BCUT2D eigenvalue weighted by Gasteiger charge is 2.35. The molecule has 1 saturated carbocycles. The summed E-state index contributed by atoms with van der Waals surface area (Å²) in [5, 5.41) is 9.17. The van der Waals surface area contributed by atoms with Gasteiger partial charge in [-0.05, 0) is 44.1 Å². The summed E-state index contributed by atoms with van der Waals surface area (Å²) in [6.45, 7) is 5.21. The first-order chi connectivity index (χ1) is 13.1. The lowest BCUT2D eigenvalue weighted by Crippen LogP contribution is -2.51. The molecule has 0 spiro atoms. The molecule has 6 nitrogen and oxygen atoms in total. The van der Waals surface area contributed by atoms with Crippen LogP contribution in [0.4, 0.5) is 4.79 Å². The molecule has 1 aromatic rings. The van der Waals surface area contributed by atoms with Crippen LogP contribution in [-0.2, 0) is 5.41 Å². The topological polar surface area (TPSA) is 82.8 Å². The highest BCUT2D eigenvalue weighted by molar-refractivity contribution is 14.0. The van der Waals surface area contributed by atoms with Crippen molar-refractivity contribution < 1.29 is 4.79 Å². The van der Waals surface area contributed by atoms with Gasteiger partial charge in [0.05, 0.1) is 6.54 Å². The van der Waals surface area contributed by atoms with E-state index in [0.29, 0.717) is 19.1 Å². The number of likely N-dealkylation sites (tertiary alicyclic amines) is 1. The van der Waals surface area contributed by atoms with Gasteiger partial charge in [0.15, 0.2) is 5.96 Å². The summed E-state index contributed by atoms with van der Waals surface area (Å²) in [4.78, 5) is 19.5. The number of piperidine rings is 1. The molecule has 158 valence electrons. The van der Waals surface area contributed by atoms with Gasteiger partial charge in [-0.1, -0.05) is 25.3 Å². The zero-order chi connectivity index (χ0) is 19.1. The van der Waals surface area contributed by atoms with Gasteiger partial charge < -0.3 is 21.3 Å². The van der Waals surface area contributed by atoms with Gasteiger partial charge in [-0.2, -0.15) is 0 Å². The molecule has 1 aliphatic heterocycles. The normalized spacial score (nSPS) is 20.3. The Labute approximate surface area is 189 Å². The van der Waals surface area contributed by atoms with E-state index in [4.69, 9.17) is 10.7 Å². The van der Waals surface area contributed by atoms with Gasteiger partial charge >= 0.3 is 6.03 Å². The van der Waals surface area contributed by atoms with Crippen LogP contribution in [-0.4, -0.2) is 49.1 Å². The first-order valence-corrected chi connectivity index (χ1v) is 11.1. The van der Waals surface area contributed by atoms with Crippen LogP contribution >= 0.6 is 35.3 Å². The molecule has 0 unspecified atom stereocenters. The number of urea groups is 1. The van der Waals surface area contributed by atoms with Gasteiger partial charge in [-0.25, -0.2) is 4.79 Å². The predicted molar refractivity (Wildman–Crippen MR) is 128 cm³/mol. The molecule has 2 amide bonds. The molecule has 0 radical (unpaired) electrons. The van der Waals surface area contributed by atoms with Crippen molar-refractivity contribution in [1.82, 2.24) is 15.5 Å². The number of carbonyl (C=O) groups excluding carboxylic acids is 1. The fraction of sp³-hybridized carbons (Fsp3) is 0.700. The highest BCUT2D eigenvalue weighted by Crippen LogP contribution is 2.41. The SMILES string of the molecule is CCNC(=NCC1(c2cccs2)CCCCC1)NC1CCN(C(N)=O)CC1.I. The number of hydrogen-bond donors (Lipinski definition) is 3. The first-order valence-electron chi connectivity index (χ1n) is 10.3. The number of carbonyl (C=O) groups is 1. The van der Waals surface area contributed by atoms with Crippen LogP contribution in [0.3, 0.4) is 0 Å². The van der Waals surface area contributed by atoms with Crippen molar-refractivity contribution in [1.29, 1.82) is 0 Å². The summed E-state index contributed by atoms with van der Waals surface area (Å²) in [5.41, 5.74) is 5.58. The van der Waals surface area contributed by atoms with Crippen LogP contribution in [0, 0.1) is 0 Å². The lowest BCUT2D eigenvalue weighted by molar-refractivity contribution is 0.188. The lowest BCUT2D eigenvalue weighted by atomic mass is 9.73. The smallest absolute Gasteiger partial charge is 0.314 e. The molecule has 2 aliphatic rings. The van der Waals surface area contributed by atoms with Crippen molar-refractivity contribution in [3.05, 3.63) is 22.4 Å². The average molecular weight is 519 g/mol. The van der Waals surface area contributed by atoms with Gasteiger partial charge in [0.25, 0.3) is 0 Å². The van der Waals surface area contributed by atoms with Gasteiger partial charge in [-0.15, -0.1) is 35.3 Å². The minimum atomic E-state index is -0.316.